The lowest BCUT2D eigenvalue weighted by Gasteiger charge is -2.24. The number of hydrogen-bond donors (Lipinski definition) is 2. The molecule has 2 N–H and O–H groups in total. The Hall–Kier alpha value is -2.39. The quantitative estimate of drug-likeness (QED) is 0.384. The fourth-order valence-corrected chi connectivity index (χ4v) is 3.32. The average molecular weight is 470 g/mol. The number of halogens is 2. The van der Waals surface area contributed by atoms with Gasteiger partial charge in [0.1, 0.15) is 0 Å². The Bertz CT molecular complexity index is 951. The first-order chi connectivity index (χ1) is 13.8. The summed E-state index contributed by atoms with van der Waals surface area (Å²) in [7, 11) is 7.87. The third kappa shape index (κ3) is 5.86. The van der Waals surface area contributed by atoms with Crippen molar-refractivity contribution >= 4 is 47.8 Å². The number of rotatable bonds is 8. The molecule has 1 aliphatic carbocycles. The van der Waals surface area contributed by atoms with Crippen molar-refractivity contribution in [3.05, 3.63) is 58.1 Å². The van der Waals surface area contributed by atoms with Gasteiger partial charge in [0.05, 0.1) is 16.7 Å². The summed E-state index contributed by atoms with van der Waals surface area (Å²) >= 11 is 0. The molecule has 1 aromatic heterocycles. The summed E-state index contributed by atoms with van der Waals surface area (Å²) in [6.07, 6.45) is 2.42. The van der Waals surface area contributed by atoms with E-state index < -0.39 is 0 Å². The number of carbonyl (C=O) groups excluding carboxylic acids is 2. The number of hydrogen-bond acceptors (Lipinski definition) is 7. The van der Waals surface area contributed by atoms with Crippen molar-refractivity contribution in [2.45, 2.75) is 0 Å². The van der Waals surface area contributed by atoms with Crippen LogP contribution in [0.2, 0.25) is 0 Å². The topological polar surface area (TPSA) is 91.6 Å². The Labute approximate surface area is 195 Å². The second-order valence-corrected chi connectivity index (χ2v) is 7.66. The fraction of sp³-hybridized carbons (Fsp3) is 0.381. The first kappa shape index (κ1) is 26.6. The van der Waals surface area contributed by atoms with Crippen LogP contribution >= 0.6 is 24.8 Å². The Kier molecular flexibility index (Phi) is 9.71. The number of pyridine rings is 1. The van der Waals surface area contributed by atoms with Gasteiger partial charge < -0.3 is 25.6 Å². The molecule has 0 radical (unpaired) electrons. The van der Waals surface area contributed by atoms with Crippen LogP contribution in [0.15, 0.2) is 30.6 Å². The van der Waals surface area contributed by atoms with Crippen LogP contribution in [0.3, 0.4) is 0 Å². The van der Waals surface area contributed by atoms with E-state index in [2.05, 4.69) is 10.6 Å². The summed E-state index contributed by atoms with van der Waals surface area (Å²) in [4.78, 5) is 30.6. The van der Waals surface area contributed by atoms with Crippen LogP contribution < -0.4 is 15.4 Å². The van der Waals surface area contributed by atoms with Crippen molar-refractivity contribution in [3.8, 4) is 0 Å². The number of likely N-dealkylation sites (N-methyl/N-ethyl adjacent to an activating group) is 2. The number of benzene rings is 1. The fourth-order valence-electron chi connectivity index (χ4n) is 3.32. The molecule has 1 heterocycles. The van der Waals surface area contributed by atoms with Gasteiger partial charge in [-0.1, -0.05) is 0 Å². The Morgan fingerprint density at radius 3 is 1.71 bits per heavy atom. The van der Waals surface area contributed by atoms with Crippen LogP contribution in [0.4, 0.5) is 11.4 Å². The van der Waals surface area contributed by atoms with Crippen molar-refractivity contribution in [2.75, 3.05) is 65.0 Å². The maximum atomic E-state index is 13.3. The predicted octanol–water partition coefficient (Wildman–Crippen LogP) is 1.89. The van der Waals surface area contributed by atoms with Crippen LogP contribution in [-0.4, -0.2) is 75.7 Å². The number of aromatic nitrogens is 1. The summed E-state index contributed by atoms with van der Waals surface area (Å²) in [6.45, 7) is 2.82. The van der Waals surface area contributed by atoms with Gasteiger partial charge in [0, 0.05) is 49.2 Å². The number of nitrogens with zero attached hydrogens (tertiary/aromatic N) is 3. The summed E-state index contributed by atoms with van der Waals surface area (Å²) in [5.74, 6) is -0.567. The molecule has 0 amide bonds. The molecular formula is C21H29Cl2N5O3. The molecule has 0 spiro atoms. The minimum atomic E-state index is -0.316. The third-order valence-corrected chi connectivity index (χ3v) is 4.83. The second kappa shape index (κ2) is 11.3. The van der Waals surface area contributed by atoms with E-state index in [0.29, 0.717) is 40.3 Å². The number of nitrogens with one attached hydrogen (secondary N) is 2. The summed E-state index contributed by atoms with van der Waals surface area (Å²) in [5, 5.41) is 18.3. The minimum Gasteiger partial charge on any atom is -0.619 e. The molecule has 0 saturated carbocycles. The molecule has 10 heteroatoms. The van der Waals surface area contributed by atoms with Gasteiger partial charge in [-0.15, -0.1) is 24.8 Å². The number of anilines is 2. The highest BCUT2D eigenvalue weighted by Crippen LogP contribution is 2.36. The average Bonchev–Trinajstić information content (AvgIpc) is 2.66. The van der Waals surface area contributed by atoms with Crippen LogP contribution in [0.1, 0.15) is 31.8 Å². The minimum absolute atomic E-state index is 0. The van der Waals surface area contributed by atoms with E-state index in [1.54, 1.807) is 0 Å². The van der Waals surface area contributed by atoms with Crippen molar-refractivity contribution in [3.63, 3.8) is 0 Å². The van der Waals surface area contributed by atoms with Crippen molar-refractivity contribution in [1.82, 2.24) is 9.80 Å². The zero-order valence-electron chi connectivity index (χ0n) is 18.1. The highest BCUT2D eigenvalue weighted by atomic mass is 35.5. The maximum absolute atomic E-state index is 13.3. The van der Waals surface area contributed by atoms with E-state index in [4.69, 9.17) is 0 Å². The first-order valence-electron chi connectivity index (χ1n) is 9.56. The first-order valence-corrected chi connectivity index (χ1v) is 9.56. The second-order valence-electron chi connectivity index (χ2n) is 7.66. The predicted molar refractivity (Wildman–Crippen MR) is 127 cm³/mol. The molecule has 2 aromatic rings. The van der Waals surface area contributed by atoms with Crippen molar-refractivity contribution in [2.24, 2.45) is 0 Å². The normalized spacial score (nSPS) is 12.1. The van der Waals surface area contributed by atoms with E-state index >= 15 is 0 Å². The Morgan fingerprint density at radius 1 is 0.806 bits per heavy atom. The molecule has 0 unspecified atom stereocenters. The molecule has 31 heavy (non-hydrogen) atoms. The van der Waals surface area contributed by atoms with Gasteiger partial charge in [-0.2, -0.15) is 4.73 Å². The SMILES string of the molecule is CN(C)CCNc1ccc(NCCN(C)C)c2c1C(=O)c1cc[n+]([O-])cc1C2=O.Cl.Cl. The van der Waals surface area contributed by atoms with Gasteiger partial charge in [0.25, 0.3) is 0 Å². The molecular weight excluding hydrogens is 441 g/mol. The monoisotopic (exact) mass is 469 g/mol. The van der Waals surface area contributed by atoms with Crippen molar-refractivity contribution in [1.29, 1.82) is 0 Å². The molecule has 8 nitrogen and oxygen atoms in total. The summed E-state index contributed by atoms with van der Waals surface area (Å²) in [5.41, 5.74) is 2.31. The van der Waals surface area contributed by atoms with Gasteiger partial charge in [0.15, 0.2) is 18.2 Å². The van der Waals surface area contributed by atoms with E-state index in [1.807, 2.05) is 50.1 Å². The van der Waals surface area contributed by atoms with Crippen LogP contribution in [-0.2, 0) is 0 Å². The van der Waals surface area contributed by atoms with Crippen LogP contribution in [0.25, 0.3) is 0 Å². The lowest BCUT2D eigenvalue weighted by atomic mass is 9.83. The molecule has 3 rings (SSSR count). The highest BCUT2D eigenvalue weighted by molar-refractivity contribution is 6.31. The van der Waals surface area contributed by atoms with Crippen LogP contribution in [0, 0.1) is 5.21 Å². The molecule has 170 valence electrons. The van der Waals surface area contributed by atoms with Crippen LogP contribution in [0.5, 0.6) is 0 Å². The van der Waals surface area contributed by atoms with Gasteiger partial charge in [-0.05, 0) is 40.3 Å². The third-order valence-electron chi connectivity index (χ3n) is 4.83. The van der Waals surface area contributed by atoms with E-state index in [-0.39, 0.29) is 47.5 Å². The smallest absolute Gasteiger partial charge is 0.202 e. The lowest BCUT2D eigenvalue weighted by molar-refractivity contribution is -0.605. The Morgan fingerprint density at radius 2 is 1.26 bits per heavy atom. The van der Waals surface area contributed by atoms with Crippen molar-refractivity contribution < 1.29 is 14.3 Å². The number of carbonyl (C=O) groups is 2. The molecule has 0 saturated heterocycles. The van der Waals surface area contributed by atoms with Gasteiger partial charge >= 0.3 is 0 Å². The molecule has 0 bridgehead atoms. The van der Waals surface area contributed by atoms with E-state index in [9.17, 15) is 14.8 Å². The van der Waals surface area contributed by atoms with Gasteiger partial charge in [-0.3, -0.25) is 9.59 Å². The highest BCUT2D eigenvalue weighted by Gasteiger charge is 2.35. The molecule has 1 aromatic carbocycles. The maximum Gasteiger partial charge on any atom is 0.202 e. The summed E-state index contributed by atoms with van der Waals surface area (Å²) < 4.78 is 0.549. The largest absolute Gasteiger partial charge is 0.619 e. The molecule has 1 aliphatic rings. The lowest BCUT2D eigenvalue weighted by Crippen LogP contribution is -2.32. The number of fused-ring (bicyclic) bond motifs is 2. The van der Waals surface area contributed by atoms with E-state index in [0.717, 1.165) is 13.1 Å². The van der Waals surface area contributed by atoms with Gasteiger partial charge in [-0.25, -0.2) is 0 Å². The summed E-state index contributed by atoms with van der Waals surface area (Å²) in [6, 6.07) is 5.07. The van der Waals surface area contributed by atoms with E-state index in [1.165, 1.54) is 18.5 Å². The molecule has 0 aliphatic heterocycles. The Balaban J connectivity index is 0.00000240. The van der Waals surface area contributed by atoms with Gasteiger partial charge in [0.2, 0.25) is 5.78 Å². The molecule has 0 fully saturated rings. The molecule has 0 atom stereocenters. The zero-order valence-corrected chi connectivity index (χ0v) is 19.7. The number of ketones is 2. The standard InChI is InChI=1S/C21H27N5O3.2ClH/c1-24(2)11-8-22-16-5-6-17(23-9-12-25(3)4)19-18(16)20(27)14-7-10-26(29)13-15(14)21(19)28;;/h5-7,10,13,22-23H,8-9,11-12H2,1-4H3;2*1H. The zero-order chi connectivity index (χ0) is 21.1.